The summed E-state index contributed by atoms with van der Waals surface area (Å²) in [6, 6.07) is 12.1. The first-order valence-electron chi connectivity index (χ1n) is 9.75. The van der Waals surface area contributed by atoms with Crippen molar-refractivity contribution in [2.75, 3.05) is 18.0 Å². The van der Waals surface area contributed by atoms with E-state index in [0.29, 0.717) is 13.0 Å². The number of amides is 1. The second-order valence-corrected chi connectivity index (χ2v) is 9.27. The molecule has 2 aliphatic heterocycles. The molecule has 8 heteroatoms. The van der Waals surface area contributed by atoms with Gasteiger partial charge in [0, 0.05) is 30.5 Å². The van der Waals surface area contributed by atoms with Gasteiger partial charge in [0.05, 0.1) is 4.90 Å². The first-order valence-corrected chi connectivity index (χ1v) is 11.2. The smallest absolute Gasteiger partial charge is 0.245 e. The Bertz CT molecular complexity index is 1200. The number of nitrogens with zero attached hydrogens (tertiary/aromatic N) is 1. The molecule has 0 aliphatic carbocycles. The molecule has 150 valence electrons. The lowest BCUT2D eigenvalue weighted by molar-refractivity contribution is -0.118. The summed E-state index contributed by atoms with van der Waals surface area (Å²) in [7, 11) is -3.79. The van der Waals surface area contributed by atoms with Crippen molar-refractivity contribution in [3.05, 3.63) is 59.8 Å². The average Bonchev–Trinajstić information content (AvgIpc) is 3.34. The Kier molecular flexibility index (Phi) is 4.42. The number of hydrogen-bond donors (Lipinski definition) is 3. The molecule has 3 aromatic rings. The van der Waals surface area contributed by atoms with Gasteiger partial charge in [-0.15, -0.1) is 0 Å². The summed E-state index contributed by atoms with van der Waals surface area (Å²) in [4.78, 5) is 17.8. The van der Waals surface area contributed by atoms with Crippen LogP contribution in [0.1, 0.15) is 17.5 Å². The van der Waals surface area contributed by atoms with Gasteiger partial charge >= 0.3 is 0 Å². The van der Waals surface area contributed by atoms with Crippen molar-refractivity contribution >= 4 is 32.5 Å². The quantitative estimate of drug-likeness (QED) is 0.612. The van der Waals surface area contributed by atoms with Crippen LogP contribution in [0.25, 0.3) is 10.9 Å². The van der Waals surface area contributed by atoms with Crippen LogP contribution >= 0.6 is 0 Å². The van der Waals surface area contributed by atoms with Crippen molar-refractivity contribution in [3.8, 4) is 0 Å². The van der Waals surface area contributed by atoms with Crippen molar-refractivity contribution in [1.29, 1.82) is 0 Å². The zero-order valence-corrected chi connectivity index (χ0v) is 16.6. The Labute approximate surface area is 169 Å². The van der Waals surface area contributed by atoms with Crippen LogP contribution in [0.5, 0.6) is 0 Å². The highest BCUT2D eigenvalue weighted by Crippen LogP contribution is 2.27. The molecule has 0 saturated carbocycles. The minimum absolute atomic E-state index is 0.153. The maximum atomic E-state index is 12.9. The molecule has 0 radical (unpaired) electrons. The molecular formula is C21H22N4O3S. The molecule has 1 saturated heterocycles. The van der Waals surface area contributed by atoms with Crippen molar-refractivity contribution in [1.82, 2.24) is 15.0 Å². The fourth-order valence-electron chi connectivity index (χ4n) is 4.13. The summed E-state index contributed by atoms with van der Waals surface area (Å²) < 4.78 is 28.3. The van der Waals surface area contributed by atoms with Crippen LogP contribution in [0.2, 0.25) is 0 Å². The van der Waals surface area contributed by atoms with Crippen LogP contribution in [-0.2, 0) is 27.8 Å². The van der Waals surface area contributed by atoms with E-state index < -0.39 is 16.1 Å². The summed E-state index contributed by atoms with van der Waals surface area (Å²) in [6.45, 7) is 2.27. The van der Waals surface area contributed by atoms with Gasteiger partial charge in [-0.25, -0.2) is 8.42 Å². The van der Waals surface area contributed by atoms with E-state index in [2.05, 4.69) is 21.1 Å². The number of carbonyl (C=O) groups excluding carboxylic acids is 1. The van der Waals surface area contributed by atoms with E-state index in [1.165, 1.54) is 11.1 Å². The first-order chi connectivity index (χ1) is 14.0. The number of aromatic nitrogens is 1. The zero-order chi connectivity index (χ0) is 20.0. The average molecular weight is 410 g/mol. The number of aromatic amines is 1. The largest absolute Gasteiger partial charge is 0.361 e. The molecule has 29 heavy (non-hydrogen) atoms. The second-order valence-electron chi connectivity index (χ2n) is 7.56. The highest BCUT2D eigenvalue weighted by Gasteiger charge is 2.36. The fourth-order valence-corrected chi connectivity index (χ4v) is 5.38. The lowest BCUT2D eigenvalue weighted by atomic mass is 10.0. The summed E-state index contributed by atoms with van der Waals surface area (Å²) in [6.07, 6.45) is 3.14. The van der Waals surface area contributed by atoms with E-state index >= 15 is 0 Å². The molecule has 0 bridgehead atoms. The van der Waals surface area contributed by atoms with Gasteiger partial charge in [-0.2, -0.15) is 4.72 Å². The van der Waals surface area contributed by atoms with Gasteiger partial charge in [0.2, 0.25) is 15.9 Å². The van der Waals surface area contributed by atoms with Crippen LogP contribution in [0.4, 0.5) is 5.69 Å². The predicted molar refractivity (Wildman–Crippen MR) is 111 cm³/mol. The van der Waals surface area contributed by atoms with Gasteiger partial charge in [0.15, 0.2) is 0 Å². The Balaban J connectivity index is 1.35. The van der Waals surface area contributed by atoms with Crippen molar-refractivity contribution < 1.29 is 13.2 Å². The van der Waals surface area contributed by atoms with Crippen LogP contribution in [0.3, 0.4) is 0 Å². The van der Waals surface area contributed by atoms with Gasteiger partial charge in [0.1, 0.15) is 6.04 Å². The lowest BCUT2D eigenvalue weighted by Crippen LogP contribution is -2.41. The molecule has 1 aromatic heterocycles. The predicted octanol–water partition coefficient (Wildman–Crippen LogP) is 1.90. The molecule has 1 fully saturated rings. The monoisotopic (exact) mass is 410 g/mol. The van der Waals surface area contributed by atoms with Crippen LogP contribution in [0, 0.1) is 0 Å². The standard InChI is InChI=1S/C21H22N4O3S/c26-21-19(24-29(27,28)18-4-2-14-6-9-23-20(14)12-18)7-10-25(21)17-3-1-16-13-22-8-5-15(16)11-17/h1-4,6,9,11-12,19,22-24H,5,7-8,10,13H2/t19-/m0/s1. The number of anilines is 1. The number of rotatable bonds is 4. The first kappa shape index (κ1) is 18.4. The summed E-state index contributed by atoms with van der Waals surface area (Å²) in [5, 5.41) is 4.28. The number of nitrogens with one attached hydrogen (secondary N) is 3. The number of fused-ring (bicyclic) bond motifs is 2. The number of benzene rings is 2. The van der Waals surface area contributed by atoms with Gasteiger partial charge in [-0.3, -0.25) is 4.79 Å². The topological polar surface area (TPSA) is 94.3 Å². The Morgan fingerprint density at radius 2 is 1.97 bits per heavy atom. The number of H-pyrrole nitrogens is 1. The summed E-state index contributed by atoms with van der Waals surface area (Å²) in [5.74, 6) is -0.205. The Morgan fingerprint density at radius 1 is 1.07 bits per heavy atom. The number of carbonyl (C=O) groups is 1. The third kappa shape index (κ3) is 3.33. The zero-order valence-electron chi connectivity index (χ0n) is 15.8. The lowest BCUT2D eigenvalue weighted by Gasteiger charge is -2.22. The Hall–Kier alpha value is -2.68. The van der Waals surface area contributed by atoms with Gasteiger partial charge in [-0.05, 0) is 66.2 Å². The van der Waals surface area contributed by atoms with Crippen molar-refractivity contribution in [3.63, 3.8) is 0 Å². The molecular weight excluding hydrogens is 388 g/mol. The van der Waals surface area contributed by atoms with Crippen molar-refractivity contribution in [2.24, 2.45) is 0 Å². The number of sulfonamides is 1. The van der Waals surface area contributed by atoms with E-state index in [4.69, 9.17) is 0 Å². The molecule has 3 N–H and O–H groups in total. The highest BCUT2D eigenvalue weighted by molar-refractivity contribution is 7.89. The van der Waals surface area contributed by atoms with Crippen LogP contribution in [0.15, 0.2) is 53.6 Å². The molecule has 1 atom stereocenters. The molecule has 7 nitrogen and oxygen atoms in total. The van der Waals surface area contributed by atoms with E-state index in [9.17, 15) is 13.2 Å². The summed E-state index contributed by atoms with van der Waals surface area (Å²) in [5.41, 5.74) is 4.09. The minimum Gasteiger partial charge on any atom is -0.361 e. The molecule has 5 rings (SSSR count). The molecule has 2 aliphatic rings. The minimum atomic E-state index is -3.79. The third-order valence-corrected chi connectivity index (χ3v) is 7.20. The van der Waals surface area contributed by atoms with Gasteiger partial charge in [-0.1, -0.05) is 12.1 Å². The maximum absolute atomic E-state index is 12.9. The molecule has 0 unspecified atom stereocenters. The molecule has 3 heterocycles. The van der Waals surface area contributed by atoms with Crippen molar-refractivity contribution in [2.45, 2.75) is 30.3 Å². The Morgan fingerprint density at radius 3 is 2.86 bits per heavy atom. The van der Waals surface area contributed by atoms with E-state index in [0.717, 1.165) is 36.1 Å². The van der Waals surface area contributed by atoms with Crippen LogP contribution in [-0.4, -0.2) is 38.4 Å². The van der Waals surface area contributed by atoms with Gasteiger partial charge < -0.3 is 15.2 Å². The molecule has 1 amide bonds. The third-order valence-electron chi connectivity index (χ3n) is 5.73. The van der Waals surface area contributed by atoms with E-state index in [1.807, 2.05) is 18.2 Å². The summed E-state index contributed by atoms with van der Waals surface area (Å²) >= 11 is 0. The molecule has 2 aromatic carbocycles. The van der Waals surface area contributed by atoms with Gasteiger partial charge in [0.25, 0.3) is 0 Å². The highest BCUT2D eigenvalue weighted by atomic mass is 32.2. The van der Waals surface area contributed by atoms with E-state index in [-0.39, 0.29) is 10.8 Å². The normalized spacial score (nSPS) is 19.7. The van der Waals surface area contributed by atoms with E-state index in [1.54, 1.807) is 29.3 Å². The fraction of sp³-hybridized carbons (Fsp3) is 0.286. The SMILES string of the molecule is O=C1[C@@H](NS(=O)(=O)c2ccc3cc[nH]c3c2)CCN1c1ccc2c(c1)CCNC2. The molecule has 0 spiro atoms. The van der Waals surface area contributed by atoms with Crippen LogP contribution < -0.4 is 14.9 Å². The number of hydrogen-bond acceptors (Lipinski definition) is 4. The second kappa shape index (κ2) is 6.98. The maximum Gasteiger partial charge on any atom is 0.245 e.